The topological polar surface area (TPSA) is 12.0 Å². The van der Waals surface area contributed by atoms with E-state index in [-0.39, 0.29) is 0 Å². The van der Waals surface area contributed by atoms with Crippen LogP contribution in [0.4, 0.5) is 0 Å². The molecule has 1 aromatic rings. The summed E-state index contributed by atoms with van der Waals surface area (Å²) in [6.07, 6.45) is 5.63. The smallest absolute Gasteiger partial charge is 0.00808 e. The molecule has 0 spiro atoms. The van der Waals surface area contributed by atoms with E-state index < -0.39 is 0 Å². The lowest BCUT2D eigenvalue weighted by Gasteiger charge is -2.46. The zero-order chi connectivity index (χ0) is 10.1. The molecule has 1 aromatic carbocycles. The molecule has 1 aliphatic carbocycles. The lowest BCUT2D eigenvalue weighted by Crippen LogP contribution is -2.49. The summed E-state index contributed by atoms with van der Waals surface area (Å²) in [7, 11) is 0. The van der Waals surface area contributed by atoms with Crippen LogP contribution in [0.2, 0.25) is 0 Å². The molecule has 15 heavy (non-hydrogen) atoms. The van der Waals surface area contributed by atoms with Crippen molar-refractivity contribution in [3.63, 3.8) is 0 Å². The van der Waals surface area contributed by atoms with Crippen LogP contribution in [-0.2, 0) is 5.41 Å². The second-order valence-corrected chi connectivity index (χ2v) is 5.24. The van der Waals surface area contributed by atoms with Gasteiger partial charge in [0.2, 0.25) is 0 Å². The van der Waals surface area contributed by atoms with Crippen molar-refractivity contribution < 1.29 is 0 Å². The number of piperidine rings is 1. The molecule has 1 saturated heterocycles. The van der Waals surface area contributed by atoms with Crippen LogP contribution < -0.4 is 5.32 Å². The van der Waals surface area contributed by atoms with E-state index in [4.69, 9.17) is 0 Å². The SMILES string of the molecule is c1ccc(C23CCCC(CNC2)C3)cc1. The van der Waals surface area contributed by atoms with Gasteiger partial charge in [-0.05, 0) is 37.3 Å². The third-order valence-electron chi connectivity index (χ3n) is 4.23. The molecule has 1 N–H and O–H groups in total. The predicted octanol–water partition coefficient (Wildman–Crippen LogP) is 2.72. The third kappa shape index (κ3) is 1.59. The Bertz CT molecular complexity index is 320. The average Bonchev–Trinajstić information content (AvgIpc) is 2.30. The zero-order valence-corrected chi connectivity index (χ0v) is 9.21. The highest BCUT2D eigenvalue weighted by atomic mass is 14.9. The first kappa shape index (κ1) is 9.41. The van der Waals surface area contributed by atoms with Crippen LogP contribution in [0, 0.1) is 5.92 Å². The van der Waals surface area contributed by atoms with Gasteiger partial charge in [0.05, 0.1) is 0 Å². The van der Waals surface area contributed by atoms with Gasteiger partial charge in [0.1, 0.15) is 0 Å². The van der Waals surface area contributed by atoms with Gasteiger partial charge < -0.3 is 5.32 Å². The lowest BCUT2D eigenvalue weighted by atomic mass is 9.64. The Morgan fingerprint density at radius 2 is 2.07 bits per heavy atom. The van der Waals surface area contributed by atoms with Crippen molar-refractivity contribution in [3.8, 4) is 0 Å². The van der Waals surface area contributed by atoms with E-state index >= 15 is 0 Å². The number of fused-ring (bicyclic) bond motifs is 2. The van der Waals surface area contributed by atoms with Crippen molar-refractivity contribution in [3.05, 3.63) is 35.9 Å². The van der Waals surface area contributed by atoms with Crippen LogP contribution in [0.25, 0.3) is 0 Å². The fraction of sp³-hybridized carbons (Fsp3) is 0.571. The molecule has 1 aliphatic heterocycles. The molecular weight excluding hydrogens is 182 g/mol. The van der Waals surface area contributed by atoms with Gasteiger partial charge in [-0.15, -0.1) is 0 Å². The molecule has 0 amide bonds. The monoisotopic (exact) mass is 201 g/mol. The number of benzene rings is 1. The summed E-state index contributed by atoms with van der Waals surface area (Å²) >= 11 is 0. The van der Waals surface area contributed by atoms with Gasteiger partial charge in [-0.2, -0.15) is 0 Å². The van der Waals surface area contributed by atoms with Crippen molar-refractivity contribution in [1.29, 1.82) is 0 Å². The minimum absolute atomic E-state index is 0.461. The Kier molecular flexibility index (Phi) is 2.28. The highest BCUT2D eigenvalue weighted by molar-refractivity contribution is 5.27. The van der Waals surface area contributed by atoms with Crippen LogP contribution >= 0.6 is 0 Å². The summed E-state index contributed by atoms with van der Waals surface area (Å²) < 4.78 is 0. The Balaban J connectivity index is 1.95. The molecule has 3 rings (SSSR count). The first-order valence-corrected chi connectivity index (χ1v) is 6.15. The minimum atomic E-state index is 0.461. The minimum Gasteiger partial charge on any atom is -0.316 e. The highest BCUT2D eigenvalue weighted by Gasteiger charge is 2.40. The first-order valence-electron chi connectivity index (χ1n) is 6.15. The van der Waals surface area contributed by atoms with Gasteiger partial charge in [-0.25, -0.2) is 0 Å². The average molecular weight is 201 g/mol. The van der Waals surface area contributed by atoms with E-state index in [2.05, 4.69) is 35.6 Å². The third-order valence-corrected chi connectivity index (χ3v) is 4.23. The molecule has 2 atom stereocenters. The molecule has 1 heteroatoms. The summed E-state index contributed by atoms with van der Waals surface area (Å²) in [6.45, 7) is 2.43. The van der Waals surface area contributed by atoms with Crippen LogP contribution in [-0.4, -0.2) is 13.1 Å². The summed E-state index contributed by atoms with van der Waals surface area (Å²) in [5.41, 5.74) is 2.02. The molecule has 2 unspecified atom stereocenters. The quantitative estimate of drug-likeness (QED) is 0.736. The zero-order valence-electron chi connectivity index (χ0n) is 9.21. The number of hydrogen-bond acceptors (Lipinski definition) is 1. The summed E-state index contributed by atoms with van der Waals surface area (Å²) in [6, 6.07) is 11.1. The van der Waals surface area contributed by atoms with Gasteiger partial charge in [0, 0.05) is 12.0 Å². The summed E-state index contributed by atoms with van der Waals surface area (Å²) in [4.78, 5) is 0. The Morgan fingerprint density at radius 3 is 2.93 bits per heavy atom. The molecule has 2 fully saturated rings. The molecule has 2 bridgehead atoms. The van der Waals surface area contributed by atoms with E-state index in [1.165, 1.54) is 38.8 Å². The molecule has 80 valence electrons. The Hall–Kier alpha value is -0.820. The van der Waals surface area contributed by atoms with E-state index in [1.54, 1.807) is 5.56 Å². The maximum absolute atomic E-state index is 3.63. The maximum Gasteiger partial charge on any atom is 0.00808 e. The normalized spacial score (nSPS) is 35.1. The van der Waals surface area contributed by atoms with Crippen molar-refractivity contribution in [2.45, 2.75) is 31.1 Å². The van der Waals surface area contributed by atoms with Crippen molar-refractivity contribution in [2.24, 2.45) is 5.92 Å². The van der Waals surface area contributed by atoms with Crippen molar-refractivity contribution >= 4 is 0 Å². The number of nitrogens with one attached hydrogen (secondary N) is 1. The summed E-state index contributed by atoms with van der Waals surface area (Å²) in [5.74, 6) is 0.924. The lowest BCUT2D eigenvalue weighted by molar-refractivity contribution is 0.167. The molecular formula is C14H19N. The van der Waals surface area contributed by atoms with Crippen molar-refractivity contribution in [2.75, 3.05) is 13.1 Å². The molecule has 2 aliphatic rings. The van der Waals surface area contributed by atoms with Crippen LogP contribution in [0.1, 0.15) is 31.2 Å². The van der Waals surface area contributed by atoms with Gasteiger partial charge in [0.15, 0.2) is 0 Å². The number of rotatable bonds is 1. The summed E-state index contributed by atoms with van der Waals surface area (Å²) in [5, 5.41) is 3.63. The van der Waals surface area contributed by atoms with E-state index in [9.17, 15) is 0 Å². The Morgan fingerprint density at radius 1 is 1.20 bits per heavy atom. The molecule has 0 aromatic heterocycles. The second-order valence-electron chi connectivity index (χ2n) is 5.24. The first-order chi connectivity index (χ1) is 7.39. The number of hydrogen-bond donors (Lipinski definition) is 1. The van der Waals surface area contributed by atoms with Crippen LogP contribution in [0.5, 0.6) is 0 Å². The van der Waals surface area contributed by atoms with Gasteiger partial charge in [0.25, 0.3) is 0 Å². The van der Waals surface area contributed by atoms with E-state index in [0.717, 1.165) is 5.92 Å². The van der Waals surface area contributed by atoms with Gasteiger partial charge >= 0.3 is 0 Å². The highest BCUT2D eigenvalue weighted by Crippen LogP contribution is 2.43. The van der Waals surface area contributed by atoms with Gasteiger partial charge in [-0.3, -0.25) is 0 Å². The second kappa shape index (κ2) is 3.64. The Labute approximate surface area is 91.9 Å². The fourth-order valence-corrected chi connectivity index (χ4v) is 3.49. The van der Waals surface area contributed by atoms with Crippen LogP contribution in [0.15, 0.2) is 30.3 Å². The van der Waals surface area contributed by atoms with Crippen molar-refractivity contribution in [1.82, 2.24) is 5.32 Å². The molecule has 1 heterocycles. The van der Waals surface area contributed by atoms with E-state index in [0.29, 0.717) is 5.41 Å². The molecule has 0 radical (unpaired) electrons. The largest absolute Gasteiger partial charge is 0.316 e. The van der Waals surface area contributed by atoms with Crippen LogP contribution in [0.3, 0.4) is 0 Å². The molecule has 1 saturated carbocycles. The fourth-order valence-electron chi connectivity index (χ4n) is 3.49. The molecule has 1 nitrogen and oxygen atoms in total. The van der Waals surface area contributed by atoms with Gasteiger partial charge in [-0.1, -0.05) is 36.8 Å². The maximum atomic E-state index is 3.63. The van der Waals surface area contributed by atoms with E-state index in [1.807, 2.05) is 0 Å². The predicted molar refractivity (Wildman–Crippen MR) is 62.9 cm³/mol. The standard InChI is InChI=1S/C14H19N/c1-2-6-13(7-3-1)14-8-4-5-12(9-14)10-15-11-14/h1-3,6-7,12,15H,4-5,8-11H2.